The van der Waals surface area contributed by atoms with Gasteiger partial charge in [-0.1, -0.05) is 0 Å². The second-order valence-electron chi connectivity index (χ2n) is 2.93. The lowest BCUT2D eigenvalue weighted by Gasteiger charge is -2.00. The zero-order valence-electron chi connectivity index (χ0n) is 7.46. The lowest BCUT2D eigenvalue weighted by atomic mass is 10.1. The first kappa shape index (κ1) is 9.34. The maximum atomic E-state index is 11.5. The molecule has 14 heavy (non-hydrogen) atoms. The Hall–Kier alpha value is -1.22. The number of fused-ring (bicyclic) bond motifs is 1. The van der Waals surface area contributed by atoms with Crippen LogP contribution in [0.25, 0.3) is 0 Å². The Balaban J connectivity index is 2.24. The molecule has 0 spiro atoms. The summed E-state index contributed by atoms with van der Waals surface area (Å²) >= 11 is 5.49. The number of hydrogen-bond acceptors (Lipinski definition) is 3. The predicted molar refractivity (Wildman–Crippen MR) is 52.2 cm³/mol. The number of alkyl halides is 1. The van der Waals surface area contributed by atoms with Crippen LogP contribution >= 0.6 is 11.6 Å². The highest BCUT2D eigenvalue weighted by molar-refractivity contribution is 6.19. The van der Waals surface area contributed by atoms with E-state index in [1.165, 1.54) is 0 Å². The van der Waals surface area contributed by atoms with E-state index < -0.39 is 0 Å². The van der Waals surface area contributed by atoms with E-state index in [-0.39, 0.29) is 12.6 Å². The van der Waals surface area contributed by atoms with E-state index in [1.807, 2.05) is 0 Å². The summed E-state index contributed by atoms with van der Waals surface area (Å²) in [5.74, 6) is 1.68. The predicted octanol–water partition coefficient (Wildman–Crippen LogP) is 2.23. The molecule has 0 unspecified atom stereocenters. The SMILES string of the molecule is O=C(CCCl)c1ccc2c(c1)OCO2. The number of ketones is 1. The molecular formula is C10H9ClO3. The third-order valence-electron chi connectivity index (χ3n) is 2.02. The fourth-order valence-electron chi connectivity index (χ4n) is 1.30. The van der Waals surface area contributed by atoms with Gasteiger partial charge >= 0.3 is 0 Å². The van der Waals surface area contributed by atoms with Crippen molar-refractivity contribution in [3.8, 4) is 11.5 Å². The van der Waals surface area contributed by atoms with Crippen molar-refractivity contribution in [1.29, 1.82) is 0 Å². The van der Waals surface area contributed by atoms with E-state index in [0.29, 0.717) is 29.4 Å². The summed E-state index contributed by atoms with van der Waals surface area (Å²) in [7, 11) is 0. The van der Waals surface area contributed by atoms with Crippen LogP contribution < -0.4 is 9.47 Å². The Kier molecular flexibility index (Phi) is 2.59. The monoisotopic (exact) mass is 212 g/mol. The summed E-state index contributed by atoms with van der Waals surface area (Å²) < 4.78 is 10.3. The first-order valence-corrected chi connectivity index (χ1v) is 4.83. The molecule has 0 saturated heterocycles. The second-order valence-corrected chi connectivity index (χ2v) is 3.31. The molecule has 74 valence electrons. The summed E-state index contributed by atoms with van der Waals surface area (Å²) in [5, 5.41) is 0. The summed E-state index contributed by atoms with van der Waals surface area (Å²) in [4.78, 5) is 11.5. The maximum absolute atomic E-state index is 11.5. The number of carbonyl (C=O) groups is 1. The van der Waals surface area contributed by atoms with Crippen molar-refractivity contribution in [2.24, 2.45) is 0 Å². The molecule has 0 atom stereocenters. The minimum absolute atomic E-state index is 0.0262. The van der Waals surface area contributed by atoms with Crippen LogP contribution in [0.15, 0.2) is 18.2 Å². The maximum Gasteiger partial charge on any atom is 0.231 e. The molecule has 3 nitrogen and oxygen atoms in total. The van der Waals surface area contributed by atoms with Gasteiger partial charge in [0.15, 0.2) is 17.3 Å². The highest BCUT2D eigenvalue weighted by Gasteiger charge is 2.15. The Morgan fingerprint density at radius 3 is 2.93 bits per heavy atom. The third-order valence-corrected chi connectivity index (χ3v) is 2.21. The summed E-state index contributed by atoms with van der Waals surface area (Å²) in [6.07, 6.45) is 0.348. The Bertz CT molecular complexity index is 362. The molecular weight excluding hydrogens is 204 g/mol. The van der Waals surface area contributed by atoms with Crippen LogP contribution in [0.4, 0.5) is 0 Å². The van der Waals surface area contributed by atoms with E-state index in [1.54, 1.807) is 18.2 Å². The van der Waals surface area contributed by atoms with Gasteiger partial charge in [-0.15, -0.1) is 11.6 Å². The molecule has 1 aromatic carbocycles. The minimum atomic E-state index is 0.0262. The quantitative estimate of drug-likeness (QED) is 0.569. The van der Waals surface area contributed by atoms with E-state index in [4.69, 9.17) is 21.1 Å². The molecule has 2 rings (SSSR count). The third kappa shape index (κ3) is 1.68. The van der Waals surface area contributed by atoms with Crippen molar-refractivity contribution in [2.45, 2.75) is 6.42 Å². The van der Waals surface area contributed by atoms with Crippen molar-refractivity contribution < 1.29 is 14.3 Å². The zero-order valence-corrected chi connectivity index (χ0v) is 8.21. The molecule has 1 heterocycles. The highest BCUT2D eigenvalue weighted by Crippen LogP contribution is 2.32. The molecule has 0 aromatic heterocycles. The van der Waals surface area contributed by atoms with Crippen LogP contribution in [0.5, 0.6) is 11.5 Å². The number of halogens is 1. The van der Waals surface area contributed by atoms with Gasteiger partial charge in [-0.05, 0) is 18.2 Å². The summed E-state index contributed by atoms with van der Waals surface area (Å²) in [6.45, 7) is 0.225. The van der Waals surface area contributed by atoms with Gasteiger partial charge in [0.05, 0.1) is 0 Å². The van der Waals surface area contributed by atoms with Crippen LogP contribution in [0.2, 0.25) is 0 Å². The molecule has 0 saturated carbocycles. The molecule has 0 radical (unpaired) electrons. The molecule has 1 aliphatic rings. The molecule has 0 fully saturated rings. The van der Waals surface area contributed by atoms with Gasteiger partial charge in [-0.3, -0.25) is 4.79 Å². The topological polar surface area (TPSA) is 35.5 Å². The van der Waals surface area contributed by atoms with E-state index >= 15 is 0 Å². The average Bonchev–Trinajstić information content (AvgIpc) is 2.64. The number of carbonyl (C=O) groups excluding carboxylic acids is 1. The molecule has 4 heteroatoms. The van der Waals surface area contributed by atoms with Crippen molar-refractivity contribution in [1.82, 2.24) is 0 Å². The van der Waals surface area contributed by atoms with Crippen molar-refractivity contribution in [3.63, 3.8) is 0 Å². The smallest absolute Gasteiger partial charge is 0.231 e. The Morgan fingerprint density at radius 2 is 2.14 bits per heavy atom. The van der Waals surface area contributed by atoms with Crippen LogP contribution in [0.3, 0.4) is 0 Å². The van der Waals surface area contributed by atoms with Gasteiger partial charge in [0.2, 0.25) is 6.79 Å². The fourth-order valence-corrected chi connectivity index (χ4v) is 1.47. The number of hydrogen-bond donors (Lipinski definition) is 0. The highest BCUT2D eigenvalue weighted by atomic mass is 35.5. The second kappa shape index (κ2) is 3.88. The first-order valence-electron chi connectivity index (χ1n) is 4.30. The van der Waals surface area contributed by atoms with E-state index in [0.717, 1.165) is 0 Å². The normalized spacial score (nSPS) is 12.9. The van der Waals surface area contributed by atoms with Crippen LogP contribution in [0.1, 0.15) is 16.8 Å². The van der Waals surface area contributed by atoms with Crippen LogP contribution in [-0.2, 0) is 0 Å². The van der Waals surface area contributed by atoms with Crippen LogP contribution in [0, 0.1) is 0 Å². The van der Waals surface area contributed by atoms with E-state index in [2.05, 4.69) is 0 Å². The van der Waals surface area contributed by atoms with Gasteiger partial charge in [-0.25, -0.2) is 0 Å². The zero-order chi connectivity index (χ0) is 9.97. The molecule has 1 aromatic rings. The Morgan fingerprint density at radius 1 is 1.36 bits per heavy atom. The van der Waals surface area contributed by atoms with Crippen LogP contribution in [-0.4, -0.2) is 18.5 Å². The standard InChI is InChI=1S/C10H9ClO3/c11-4-3-8(12)7-1-2-9-10(5-7)14-6-13-9/h1-2,5H,3-4,6H2. The van der Waals surface area contributed by atoms with Gasteiger partial charge in [-0.2, -0.15) is 0 Å². The van der Waals surface area contributed by atoms with E-state index in [9.17, 15) is 4.79 Å². The number of ether oxygens (including phenoxy) is 2. The van der Waals surface area contributed by atoms with Gasteiger partial charge in [0.1, 0.15) is 0 Å². The number of Topliss-reactive ketones (excluding diaryl/α,β-unsaturated/α-hetero) is 1. The molecule has 0 N–H and O–H groups in total. The van der Waals surface area contributed by atoms with Gasteiger partial charge in [0.25, 0.3) is 0 Å². The Labute approximate surface area is 86.6 Å². The number of rotatable bonds is 3. The summed E-state index contributed by atoms with van der Waals surface area (Å²) in [6, 6.07) is 5.16. The van der Waals surface area contributed by atoms with Crippen molar-refractivity contribution >= 4 is 17.4 Å². The van der Waals surface area contributed by atoms with Gasteiger partial charge < -0.3 is 9.47 Å². The van der Waals surface area contributed by atoms with Crippen molar-refractivity contribution in [3.05, 3.63) is 23.8 Å². The largest absolute Gasteiger partial charge is 0.454 e. The molecule has 0 amide bonds. The molecule has 1 aliphatic heterocycles. The van der Waals surface area contributed by atoms with Crippen molar-refractivity contribution in [2.75, 3.05) is 12.7 Å². The fraction of sp³-hybridized carbons (Fsp3) is 0.300. The lowest BCUT2D eigenvalue weighted by molar-refractivity contribution is 0.0989. The summed E-state index contributed by atoms with van der Waals surface area (Å²) in [5.41, 5.74) is 0.620. The molecule has 0 aliphatic carbocycles. The minimum Gasteiger partial charge on any atom is -0.454 e. The average molecular weight is 213 g/mol. The lowest BCUT2D eigenvalue weighted by Crippen LogP contribution is -1.99. The van der Waals surface area contributed by atoms with Gasteiger partial charge in [0, 0.05) is 17.9 Å². The number of benzene rings is 1. The molecule has 0 bridgehead atoms. The first-order chi connectivity index (χ1) is 6.81.